The summed E-state index contributed by atoms with van der Waals surface area (Å²) in [5, 5.41) is 3.62. The van der Waals surface area contributed by atoms with Crippen LogP contribution in [0.15, 0.2) is 0 Å². The second-order valence-electron chi connectivity index (χ2n) is 5.13. The molecule has 2 aliphatic rings. The van der Waals surface area contributed by atoms with Gasteiger partial charge in [-0.3, -0.25) is 5.32 Å². The first-order valence-electron chi connectivity index (χ1n) is 6.21. The van der Waals surface area contributed by atoms with E-state index in [9.17, 15) is 0 Å². The minimum atomic E-state index is -0.0374. The Morgan fingerprint density at radius 1 is 1.07 bits per heavy atom. The molecular formula is C12H23NO2. The van der Waals surface area contributed by atoms with E-state index in [1.54, 1.807) is 0 Å². The summed E-state index contributed by atoms with van der Waals surface area (Å²) < 4.78 is 11.4. The van der Waals surface area contributed by atoms with Crippen LogP contribution in [0.5, 0.6) is 0 Å². The second-order valence-corrected chi connectivity index (χ2v) is 5.13. The highest BCUT2D eigenvalue weighted by Crippen LogP contribution is 2.35. The van der Waals surface area contributed by atoms with Gasteiger partial charge in [0.15, 0.2) is 0 Å². The van der Waals surface area contributed by atoms with Gasteiger partial charge in [0, 0.05) is 6.54 Å². The molecule has 0 aliphatic carbocycles. The lowest BCUT2D eigenvalue weighted by Gasteiger charge is -2.51. The van der Waals surface area contributed by atoms with E-state index in [1.807, 2.05) is 0 Å². The van der Waals surface area contributed by atoms with Gasteiger partial charge in [0.05, 0.1) is 25.2 Å². The molecule has 0 aromatic rings. The Kier molecular flexibility index (Phi) is 3.33. The fourth-order valence-electron chi connectivity index (χ4n) is 2.57. The maximum absolute atomic E-state index is 6.11. The van der Waals surface area contributed by atoms with Gasteiger partial charge in [-0.05, 0) is 12.8 Å². The van der Waals surface area contributed by atoms with Gasteiger partial charge in [-0.2, -0.15) is 0 Å². The maximum Gasteiger partial charge on any atom is 0.119 e. The molecule has 0 amide bonds. The molecule has 3 heteroatoms. The summed E-state index contributed by atoms with van der Waals surface area (Å²) in [5.74, 6) is 0. The van der Waals surface area contributed by atoms with Crippen LogP contribution in [-0.4, -0.2) is 32.1 Å². The topological polar surface area (TPSA) is 30.5 Å². The summed E-state index contributed by atoms with van der Waals surface area (Å²) in [7, 11) is 0. The van der Waals surface area contributed by atoms with Crippen molar-refractivity contribution in [2.24, 2.45) is 5.41 Å². The van der Waals surface area contributed by atoms with Crippen molar-refractivity contribution in [2.75, 3.05) is 26.4 Å². The van der Waals surface area contributed by atoms with Crippen LogP contribution in [0, 0.1) is 5.41 Å². The van der Waals surface area contributed by atoms with Crippen molar-refractivity contribution in [3.63, 3.8) is 0 Å². The molecule has 0 aromatic heterocycles. The molecule has 0 bridgehead atoms. The lowest BCUT2D eigenvalue weighted by atomic mass is 9.83. The van der Waals surface area contributed by atoms with Crippen molar-refractivity contribution < 1.29 is 9.47 Å². The summed E-state index contributed by atoms with van der Waals surface area (Å²) in [6, 6.07) is 0. The van der Waals surface area contributed by atoms with Gasteiger partial charge < -0.3 is 9.47 Å². The minimum Gasteiger partial charge on any atom is -0.380 e. The van der Waals surface area contributed by atoms with Gasteiger partial charge in [-0.15, -0.1) is 0 Å². The van der Waals surface area contributed by atoms with Crippen LogP contribution in [-0.2, 0) is 9.47 Å². The SMILES string of the molecule is CCCC1(CCC)NCC2(COC2)CO1. The largest absolute Gasteiger partial charge is 0.380 e. The highest BCUT2D eigenvalue weighted by molar-refractivity contribution is 4.95. The molecule has 1 N–H and O–H groups in total. The van der Waals surface area contributed by atoms with Gasteiger partial charge in [0.2, 0.25) is 0 Å². The van der Waals surface area contributed by atoms with Crippen LogP contribution >= 0.6 is 0 Å². The van der Waals surface area contributed by atoms with Crippen LogP contribution in [0.3, 0.4) is 0 Å². The maximum atomic E-state index is 6.11. The fraction of sp³-hybridized carbons (Fsp3) is 1.00. The molecule has 2 aliphatic heterocycles. The van der Waals surface area contributed by atoms with E-state index in [4.69, 9.17) is 9.47 Å². The zero-order chi connectivity index (χ0) is 10.8. The normalized spacial score (nSPS) is 27.6. The predicted octanol–water partition coefficient (Wildman–Crippen LogP) is 1.92. The molecule has 0 atom stereocenters. The van der Waals surface area contributed by atoms with Gasteiger partial charge in [-0.1, -0.05) is 26.7 Å². The zero-order valence-electron chi connectivity index (χ0n) is 9.97. The van der Waals surface area contributed by atoms with Gasteiger partial charge in [-0.25, -0.2) is 0 Å². The average molecular weight is 213 g/mol. The Balaban J connectivity index is 1.91. The standard InChI is InChI=1S/C12H23NO2/c1-3-5-12(6-4-2)13-7-11(10-15-12)8-14-9-11/h13H,3-10H2,1-2H3. The van der Waals surface area contributed by atoms with Crippen LogP contribution < -0.4 is 5.32 Å². The molecule has 0 saturated carbocycles. The van der Waals surface area contributed by atoms with Crippen LogP contribution in [0.1, 0.15) is 39.5 Å². The van der Waals surface area contributed by atoms with E-state index in [-0.39, 0.29) is 5.72 Å². The molecule has 0 aromatic carbocycles. The molecule has 88 valence electrons. The summed E-state index contributed by atoms with van der Waals surface area (Å²) >= 11 is 0. The molecule has 3 nitrogen and oxygen atoms in total. The minimum absolute atomic E-state index is 0.0374. The highest BCUT2D eigenvalue weighted by atomic mass is 16.5. The predicted molar refractivity (Wildman–Crippen MR) is 59.8 cm³/mol. The third-order valence-corrected chi connectivity index (χ3v) is 3.56. The number of ether oxygens (including phenoxy) is 2. The zero-order valence-corrected chi connectivity index (χ0v) is 9.97. The van der Waals surface area contributed by atoms with Gasteiger partial charge in [0.1, 0.15) is 5.72 Å². The Bertz CT molecular complexity index is 196. The van der Waals surface area contributed by atoms with Gasteiger partial charge >= 0.3 is 0 Å². The summed E-state index contributed by atoms with van der Waals surface area (Å²) in [6.07, 6.45) is 4.60. The fourth-order valence-corrected chi connectivity index (χ4v) is 2.57. The first-order valence-corrected chi connectivity index (χ1v) is 6.21. The molecule has 1 spiro atoms. The van der Waals surface area contributed by atoms with E-state index in [0.717, 1.165) is 39.2 Å². The lowest BCUT2D eigenvalue weighted by molar-refractivity contribution is -0.225. The third kappa shape index (κ3) is 2.19. The summed E-state index contributed by atoms with van der Waals surface area (Å²) in [5.41, 5.74) is 0.259. The van der Waals surface area contributed by atoms with E-state index in [1.165, 1.54) is 12.8 Å². The van der Waals surface area contributed by atoms with Crippen LogP contribution in [0.25, 0.3) is 0 Å². The lowest BCUT2D eigenvalue weighted by Crippen LogP contribution is -2.64. The van der Waals surface area contributed by atoms with Crippen molar-refractivity contribution in [2.45, 2.75) is 45.3 Å². The van der Waals surface area contributed by atoms with E-state index >= 15 is 0 Å². The molecule has 2 saturated heterocycles. The van der Waals surface area contributed by atoms with E-state index in [0.29, 0.717) is 5.41 Å². The Morgan fingerprint density at radius 2 is 1.73 bits per heavy atom. The first kappa shape index (κ1) is 11.4. The number of hydrogen-bond donors (Lipinski definition) is 1. The second kappa shape index (κ2) is 4.40. The quantitative estimate of drug-likeness (QED) is 0.774. The van der Waals surface area contributed by atoms with Crippen molar-refractivity contribution in [3.8, 4) is 0 Å². The third-order valence-electron chi connectivity index (χ3n) is 3.56. The van der Waals surface area contributed by atoms with Crippen molar-refractivity contribution in [1.82, 2.24) is 5.32 Å². The molecule has 0 radical (unpaired) electrons. The Morgan fingerprint density at radius 3 is 2.07 bits per heavy atom. The Labute approximate surface area is 92.5 Å². The number of rotatable bonds is 4. The Hall–Kier alpha value is -0.120. The molecule has 0 unspecified atom stereocenters. The van der Waals surface area contributed by atoms with Crippen molar-refractivity contribution in [1.29, 1.82) is 0 Å². The van der Waals surface area contributed by atoms with E-state index < -0.39 is 0 Å². The van der Waals surface area contributed by atoms with Crippen molar-refractivity contribution >= 4 is 0 Å². The first-order chi connectivity index (χ1) is 7.24. The molecule has 2 fully saturated rings. The van der Waals surface area contributed by atoms with Gasteiger partial charge in [0.25, 0.3) is 0 Å². The molecular weight excluding hydrogens is 190 g/mol. The van der Waals surface area contributed by atoms with E-state index in [2.05, 4.69) is 19.2 Å². The number of nitrogens with one attached hydrogen (secondary N) is 1. The monoisotopic (exact) mass is 213 g/mol. The molecule has 2 heterocycles. The molecule has 2 rings (SSSR count). The molecule has 15 heavy (non-hydrogen) atoms. The highest BCUT2D eigenvalue weighted by Gasteiger charge is 2.46. The summed E-state index contributed by atoms with van der Waals surface area (Å²) in [6.45, 7) is 8.12. The van der Waals surface area contributed by atoms with Crippen molar-refractivity contribution in [3.05, 3.63) is 0 Å². The summed E-state index contributed by atoms with van der Waals surface area (Å²) in [4.78, 5) is 0. The number of hydrogen-bond acceptors (Lipinski definition) is 3. The smallest absolute Gasteiger partial charge is 0.119 e. The average Bonchev–Trinajstić information content (AvgIpc) is 2.18. The van der Waals surface area contributed by atoms with Crippen LogP contribution in [0.4, 0.5) is 0 Å². The van der Waals surface area contributed by atoms with Crippen LogP contribution in [0.2, 0.25) is 0 Å².